The normalized spacial score (nSPS) is 25.9. The van der Waals surface area contributed by atoms with Gasteiger partial charge in [0.15, 0.2) is 0 Å². The van der Waals surface area contributed by atoms with Gasteiger partial charge in [0.05, 0.1) is 5.56 Å². The van der Waals surface area contributed by atoms with Gasteiger partial charge < -0.3 is 10.6 Å². The van der Waals surface area contributed by atoms with Crippen molar-refractivity contribution in [2.45, 2.75) is 45.1 Å². The zero-order valence-electron chi connectivity index (χ0n) is 12.1. The lowest BCUT2D eigenvalue weighted by Crippen LogP contribution is -2.46. The van der Waals surface area contributed by atoms with E-state index in [1.807, 2.05) is 0 Å². The molecule has 1 aromatic rings. The third-order valence-electron chi connectivity index (χ3n) is 4.67. The van der Waals surface area contributed by atoms with E-state index in [4.69, 9.17) is 10.7 Å². The van der Waals surface area contributed by atoms with Gasteiger partial charge in [-0.1, -0.05) is 6.92 Å². The molecule has 0 bridgehead atoms. The van der Waals surface area contributed by atoms with Crippen LogP contribution in [-0.4, -0.2) is 24.1 Å². The average Bonchev–Trinajstić information content (AvgIpc) is 2.48. The van der Waals surface area contributed by atoms with Crippen LogP contribution < -0.4 is 10.6 Å². The van der Waals surface area contributed by atoms with Crippen molar-refractivity contribution in [1.29, 1.82) is 5.26 Å². The van der Waals surface area contributed by atoms with Crippen LogP contribution in [0.25, 0.3) is 0 Å². The molecule has 2 heterocycles. The zero-order chi connectivity index (χ0) is 14.1. The maximum atomic E-state index is 9.43. The van der Waals surface area contributed by atoms with E-state index in [-0.39, 0.29) is 6.04 Å². The number of fused-ring (bicyclic) bond motifs is 1. The van der Waals surface area contributed by atoms with Gasteiger partial charge in [0.25, 0.3) is 0 Å². The Hall–Kier alpha value is -1.60. The highest BCUT2D eigenvalue weighted by atomic mass is 15.2. The van der Waals surface area contributed by atoms with E-state index in [9.17, 15) is 5.26 Å². The Morgan fingerprint density at radius 1 is 1.40 bits per heavy atom. The molecule has 2 unspecified atom stereocenters. The fourth-order valence-corrected chi connectivity index (χ4v) is 3.30. The second kappa shape index (κ2) is 5.41. The highest BCUT2D eigenvalue weighted by molar-refractivity contribution is 5.56. The lowest BCUT2D eigenvalue weighted by Gasteiger charge is -2.36. The molecule has 1 fully saturated rings. The maximum absolute atomic E-state index is 9.43. The van der Waals surface area contributed by atoms with Gasteiger partial charge in [0.1, 0.15) is 11.9 Å². The van der Waals surface area contributed by atoms with Crippen LogP contribution >= 0.6 is 0 Å². The molecule has 1 aliphatic carbocycles. The van der Waals surface area contributed by atoms with E-state index in [1.54, 1.807) is 0 Å². The van der Waals surface area contributed by atoms with Crippen LogP contribution in [0.1, 0.15) is 43.0 Å². The molecule has 1 saturated heterocycles. The molecule has 20 heavy (non-hydrogen) atoms. The standard InChI is InChI=1S/C16H22N4/c1-11-10-20(7-6-14(11)18)16-13(9-17)8-12-4-2-3-5-15(12)19-16/h8,11,14H,2-7,10,18H2,1H3. The van der Waals surface area contributed by atoms with E-state index in [0.717, 1.165) is 43.7 Å². The van der Waals surface area contributed by atoms with Crippen LogP contribution in [0.4, 0.5) is 5.82 Å². The molecule has 0 amide bonds. The Morgan fingerprint density at radius 3 is 2.95 bits per heavy atom. The van der Waals surface area contributed by atoms with E-state index in [0.29, 0.717) is 5.92 Å². The van der Waals surface area contributed by atoms with E-state index < -0.39 is 0 Å². The molecule has 0 radical (unpaired) electrons. The number of nitriles is 1. The van der Waals surface area contributed by atoms with Crippen molar-refractivity contribution in [2.24, 2.45) is 11.7 Å². The van der Waals surface area contributed by atoms with Crippen LogP contribution in [-0.2, 0) is 12.8 Å². The topological polar surface area (TPSA) is 65.9 Å². The average molecular weight is 270 g/mol. The summed E-state index contributed by atoms with van der Waals surface area (Å²) in [4.78, 5) is 7.08. The molecule has 0 aromatic carbocycles. The second-order valence-corrected chi connectivity index (χ2v) is 6.16. The number of piperidine rings is 1. The number of pyridine rings is 1. The molecule has 2 N–H and O–H groups in total. The van der Waals surface area contributed by atoms with E-state index >= 15 is 0 Å². The number of nitrogens with zero attached hydrogens (tertiary/aromatic N) is 3. The van der Waals surface area contributed by atoms with Crippen LogP contribution in [0.2, 0.25) is 0 Å². The van der Waals surface area contributed by atoms with Crippen molar-refractivity contribution in [3.05, 3.63) is 22.9 Å². The SMILES string of the molecule is CC1CN(c2nc3c(cc2C#N)CCCC3)CCC1N. The summed E-state index contributed by atoms with van der Waals surface area (Å²) >= 11 is 0. The third kappa shape index (κ3) is 2.38. The summed E-state index contributed by atoms with van der Waals surface area (Å²) in [5, 5.41) is 9.43. The number of anilines is 1. The van der Waals surface area contributed by atoms with Crippen LogP contribution in [0.5, 0.6) is 0 Å². The van der Waals surface area contributed by atoms with Crippen molar-refractivity contribution < 1.29 is 0 Å². The van der Waals surface area contributed by atoms with Crippen molar-refractivity contribution in [2.75, 3.05) is 18.0 Å². The fourth-order valence-electron chi connectivity index (χ4n) is 3.30. The minimum absolute atomic E-state index is 0.273. The van der Waals surface area contributed by atoms with Crippen molar-refractivity contribution >= 4 is 5.82 Å². The Balaban J connectivity index is 1.94. The molecule has 3 rings (SSSR count). The summed E-state index contributed by atoms with van der Waals surface area (Å²) in [6.07, 6.45) is 5.53. The predicted molar refractivity (Wildman–Crippen MR) is 79.6 cm³/mol. The molecule has 4 nitrogen and oxygen atoms in total. The Morgan fingerprint density at radius 2 is 2.20 bits per heavy atom. The van der Waals surface area contributed by atoms with Gasteiger partial charge in [-0.3, -0.25) is 0 Å². The molecular weight excluding hydrogens is 248 g/mol. The molecule has 4 heteroatoms. The number of hydrogen-bond acceptors (Lipinski definition) is 4. The van der Waals surface area contributed by atoms with Crippen molar-refractivity contribution in [1.82, 2.24) is 4.98 Å². The summed E-state index contributed by atoms with van der Waals surface area (Å²) in [6, 6.07) is 4.67. The number of aromatic nitrogens is 1. The quantitative estimate of drug-likeness (QED) is 0.847. The van der Waals surface area contributed by atoms with E-state index in [2.05, 4.69) is 24.0 Å². The first-order chi connectivity index (χ1) is 9.69. The third-order valence-corrected chi connectivity index (χ3v) is 4.67. The van der Waals surface area contributed by atoms with Gasteiger partial charge in [-0.25, -0.2) is 4.98 Å². The Bertz CT molecular complexity index is 546. The van der Waals surface area contributed by atoms with E-state index in [1.165, 1.54) is 24.1 Å². The zero-order valence-corrected chi connectivity index (χ0v) is 12.1. The van der Waals surface area contributed by atoms with Gasteiger partial charge in [0, 0.05) is 24.8 Å². The molecule has 106 valence electrons. The van der Waals surface area contributed by atoms with Crippen LogP contribution in [0, 0.1) is 17.2 Å². The predicted octanol–water partition coefficient (Wildman–Crippen LogP) is 2.01. The number of hydrogen-bond donors (Lipinski definition) is 1. The first-order valence-electron chi connectivity index (χ1n) is 7.62. The molecule has 0 saturated carbocycles. The summed E-state index contributed by atoms with van der Waals surface area (Å²) in [6.45, 7) is 3.99. The van der Waals surface area contributed by atoms with Crippen molar-refractivity contribution in [3.63, 3.8) is 0 Å². The molecule has 1 aromatic heterocycles. The molecule has 1 aliphatic heterocycles. The molecule has 0 spiro atoms. The number of aryl methyl sites for hydroxylation is 2. The second-order valence-electron chi connectivity index (χ2n) is 6.16. The minimum Gasteiger partial charge on any atom is -0.355 e. The fraction of sp³-hybridized carbons (Fsp3) is 0.625. The smallest absolute Gasteiger partial charge is 0.146 e. The molecular formula is C16H22N4. The molecule has 2 atom stereocenters. The Kier molecular flexibility index (Phi) is 3.62. The molecule has 2 aliphatic rings. The van der Waals surface area contributed by atoms with Crippen LogP contribution in [0.15, 0.2) is 6.07 Å². The highest BCUT2D eigenvalue weighted by Crippen LogP contribution is 2.28. The first kappa shape index (κ1) is 13.4. The monoisotopic (exact) mass is 270 g/mol. The lowest BCUT2D eigenvalue weighted by molar-refractivity contribution is 0.381. The largest absolute Gasteiger partial charge is 0.355 e. The van der Waals surface area contributed by atoms with Crippen LogP contribution in [0.3, 0.4) is 0 Å². The summed E-state index contributed by atoms with van der Waals surface area (Å²) < 4.78 is 0. The van der Waals surface area contributed by atoms with Gasteiger partial charge >= 0.3 is 0 Å². The summed E-state index contributed by atoms with van der Waals surface area (Å²) in [5.41, 5.74) is 9.30. The van der Waals surface area contributed by atoms with Gasteiger partial charge in [-0.15, -0.1) is 0 Å². The summed E-state index contributed by atoms with van der Waals surface area (Å²) in [5.74, 6) is 1.33. The van der Waals surface area contributed by atoms with Gasteiger partial charge in [-0.05, 0) is 49.7 Å². The lowest BCUT2D eigenvalue weighted by atomic mass is 9.93. The highest BCUT2D eigenvalue weighted by Gasteiger charge is 2.26. The van der Waals surface area contributed by atoms with Gasteiger partial charge in [0.2, 0.25) is 0 Å². The number of rotatable bonds is 1. The first-order valence-corrected chi connectivity index (χ1v) is 7.62. The minimum atomic E-state index is 0.273. The van der Waals surface area contributed by atoms with Gasteiger partial charge in [-0.2, -0.15) is 5.26 Å². The summed E-state index contributed by atoms with van der Waals surface area (Å²) in [7, 11) is 0. The van der Waals surface area contributed by atoms with Crippen molar-refractivity contribution in [3.8, 4) is 6.07 Å². The Labute approximate surface area is 120 Å². The maximum Gasteiger partial charge on any atom is 0.146 e. The number of nitrogens with two attached hydrogens (primary N) is 1.